The van der Waals surface area contributed by atoms with Crippen molar-refractivity contribution in [3.63, 3.8) is 0 Å². The number of hydrogen-bond donors (Lipinski definition) is 1. The van der Waals surface area contributed by atoms with Crippen LogP contribution < -0.4 is 0 Å². The number of rotatable bonds is 4. The fourth-order valence-electron chi connectivity index (χ4n) is 3.86. The second-order valence-electron chi connectivity index (χ2n) is 8.75. The second-order valence-corrected chi connectivity index (χ2v) is 10.2. The number of hydrogen-bond acceptors (Lipinski definition) is 5. The van der Waals surface area contributed by atoms with Crippen LogP contribution in [0.15, 0.2) is 34.2 Å². The molecule has 1 aliphatic heterocycles. The van der Waals surface area contributed by atoms with E-state index in [2.05, 4.69) is 30.4 Å². The van der Waals surface area contributed by atoms with E-state index >= 15 is 0 Å². The van der Waals surface area contributed by atoms with Gasteiger partial charge in [-0.05, 0) is 43.9 Å². The monoisotopic (exact) mass is 416 g/mol. The van der Waals surface area contributed by atoms with Gasteiger partial charge in [0.1, 0.15) is 5.82 Å². The van der Waals surface area contributed by atoms with E-state index in [0.717, 1.165) is 54.3 Å². The van der Waals surface area contributed by atoms with Gasteiger partial charge < -0.3 is 14.5 Å². The summed E-state index contributed by atoms with van der Waals surface area (Å²) in [7, 11) is -1.43. The van der Waals surface area contributed by atoms with Crippen LogP contribution in [0.4, 0.5) is 0 Å². The van der Waals surface area contributed by atoms with E-state index in [9.17, 15) is 9.42 Å². The van der Waals surface area contributed by atoms with Crippen molar-refractivity contribution >= 4 is 21.8 Å². The lowest BCUT2D eigenvalue weighted by atomic mass is 9.94. The third kappa shape index (κ3) is 3.83. The minimum atomic E-state index is -1.43. The number of nitrogens with zero attached hydrogens (tertiary/aromatic N) is 4. The minimum Gasteiger partial charge on any atom is -0.411 e. The van der Waals surface area contributed by atoms with Crippen LogP contribution in [-0.4, -0.2) is 42.1 Å². The molecule has 0 radical (unpaired) electrons. The smallest absolute Gasteiger partial charge is 0.115 e. The van der Waals surface area contributed by atoms with E-state index in [-0.39, 0.29) is 5.41 Å². The van der Waals surface area contributed by atoms with E-state index in [1.54, 1.807) is 6.92 Å². The summed E-state index contributed by atoms with van der Waals surface area (Å²) in [4.78, 5) is 6.86. The first-order valence-electron chi connectivity index (χ1n) is 10.00. The maximum Gasteiger partial charge on any atom is 0.115 e. The summed E-state index contributed by atoms with van der Waals surface area (Å²) in [5.41, 5.74) is 2.29. The van der Waals surface area contributed by atoms with Crippen LogP contribution in [0.3, 0.4) is 0 Å². The molecule has 3 aromatic rings. The molecule has 156 valence electrons. The minimum absolute atomic E-state index is 0.0991. The summed E-state index contributed by atoms with van der Waals surface area (Å²) in [6.45, 7) is 10.8. The van der Waals surface area contributed by atoms with Crippen molar-refractivity contribution in [2.75, 3.05) is 13.2 Å². The molecule has 3 heterocycles. The zero-order valence-electron chi connectivity index (χ0n) is 17.4. The average Bonchev–Trinajstić information content (AvgIpc) is 3.22. The molecular formula is C21H28N4O3S. The lowest BCUT2D eigenvalue weighted by Crippen LogP contribution is -2.25. The van der Waals surface area contributed by atoms with Crippen LogP contribution in [0.25, 0.3) is 11.0 Å². The summed E-state index contributed by atoms with van der Waals surface area (Å²) < 4.78 is 20.9. The first-order chi connectivity index (χ1) is 13.8. The van der Waals surface area contributed by atoms with Crippen molar-refractivity contribution in [1.82, 2.24) is 19.5 Å². The molecule has 1 fully saturated rings. The summed E-state index contributed by atoms with van der Waals surface area (Å²) in [6.07, 6.45) is 3.57. The van der Waals surface area contributed by atoms with Crippen LogP contribution in [-0.2, 0) is 27.5 Å². The van der Waals surface area contributed by atoms with Gasteiger partial charge >= 0.3 is 0 Å². The van der Waals surface area contributed by atoms with Crippen LogP contribution in [0, 0.1) is 12.8 Å². The number of imidazole rings is 1. The molecule has 1 unspecified atom stereocenters. The molecule has 0 spiro atoms. The first kappa shape index (κ1) is 20.1. The van der Waals surface area contributed by atoms with Gasteiger partial charge in [-0.15, -0.1) is 9.94 Å². The van der Waals surface area contributed by atoms with Crippen LogP contribution in [0.2, 0.25) is 0 Å². The van der Waals surface area contributed by atoms with E-state index in [0.29, 0.717) is 21.4 Å². The topological polar surface area (TPSA) is 82.2 Å². The van der Waals surface area contributed by atoms with Gasteiger partial charge in [0.25, 0.3) is 0 Å². The molecule has 29 heavy (non-hydrogen) atoms. The van der Waals surface area contributed by atoms with Crippen LogP contribution in [0.5, 0.6) is 0 Å². The average molecular weight is 417 g/mol. The van der Waals surface area contributed by atoms with Gasteiger partial charge in [0.2, 0.25) is 0 Å². The van der Waals surface area contributed by atoms with E-state index < -0.39 is 10.8 Å². The maximum absolute atomic E-state index is 13.0. The normalized spacial score (nSPS) is 17.1. The highest BCUT2D eigenvalue weighted by Crippen LogP contribution is 2.31. The number of aromatic nitrogens is 4. The van der Waals surface area contributed by atoms with Crippen molar-refractivity contribution < 1.29 is 14.2 Å². The molecule has 1 aromatic carbocycles. The summed E-state index contributed by atoms with van der Waals surface area (Å²) in [5, 5.41) is 13.4. The van der Waals surface area contributed by atoms with Crippen molar-refractivity contribution in [1.29, 1.82) is 0 Å². The predicted octanol–water partition coefficient (Wildman–Crippen LogP) is 3.67. The lowest BCUT2D eigenvalue weighted by molar-refractivity contribution is 0.0611. The van der Waals surface area contributed by atoms with Gasteiger partial charge in [-0.3, -0.25) is 0 Å². The highest BCUT2D eigenvalue weighted by Gasteiger charge is 2.26. The Bertz CT molecular complexity index is 1060. The fourth-order valence-corrected chi connectivity index (χ4v) is 5.02. The Hall–Kier alpha value is -2.19. The Morgan fingerprint density at radius 3 is 2.62 bits per heavy atom. The van der Waals surface area contributed by atoms with Gasteiger partial charge in [0, 0.05) is 30.1 Å². The van der Waals surface area contributed by atoms with Crippen molar-refractivity contribution in [3.8, 4) is 0 Å². The third-order valence-electron chi connectivity index (χ3n) is 5.53. The highest BCUT2D eigenvalue weighted by molar-refractivity contribution is 7.85. The second kappa shape index (κ2) is 7.57. The molecule has 1 saturated heterocycles. The zero-order valence-corrected chi connectivity index (χ0v) is 18.2. The highest BCUT2D eigenvalue weighted by atomic mass is 32.2. The summed E-state index contributed by atoms with van der Waals surface area (Å²) in [5.74, 6) is 1.62. The fraction of sp³-hybridized carbons (Fsp3) is 0.524. The zero-order chi connectivity index (χ0) is 20.8. The number of fused-ring (bicyclic) bond motifs is 1. The first-order valence-corrected chi connectivity index (χ1v) is 11.1. The Balaban J connectivity index is 1.75. The Morgan fingerprint density at radius 1 is 1.28 bits per heavy atom. The molecule has 2 aromatic heterocycles. The lowest BCUT2D eigenvalue weighted by Gasteiger charge is -2.26. The van der Waals surface area contributed by atoms with E-state index in [1.807, 2.05) is 18.2 Å². The third-order valence-corrected chi connectivity index (χ3v) is 7.01. The van der Waals surface area contributed by atoms with Crippen molar-refractivity contribution in [3.05, 3.63) is 35.9 Å². The van der Waals surface area contributed by atoms with Crippen LogP contribution in [0.1, 0.15) is 45.1 Å². The SMILES string of the molecule is Cc1c(S(=O)c2ccc3c(c2)nc(C(C)(C)C)n3CC2CCOCC2)cnn1O. The summed E-state index contributed by atoms with van der Waals surface area (Å²) in [6, 6.07) is 5.80. The van der Waals surface area contributed by atoms with Gasteiger partial charge in [-0.2, -0.15) is 0 Å². The molecular weight excluding hydrogens is 388 g/mol. The molecule has 4 rings (SSSR count). The molecule has 0 amide bonds. The Morgan fingerprint density at radius 2 is 2.00 bits per heavy atom. The Kier molecular flexibility index (Phi) is 5.25. The number of benzene rings is 1. The van der Waals surface area contributed by atoms with Gasteiger partial charge in [0.05, 0.1) is 38.6 Å². The van der Waals surface area contributed by atoms with Gasteiger partial charge in [0.15, 0.2) is 0 Å². The quantitative estimate of drug-likeness (QED) is 0.656. The molecule has 1 atom stereocenters. The molecule has 8 heteroatoms. The molecule has 1 aliphatic rings. The van der Waals surface area contributed by atoms with Crippen molar-refractivity contribution in [2.45, 2.75) is 62.3 Å². The standard InChI is InChI=1S/C21H28N4O3S/c1-14-19(12-22-25(14)26)29(27)16-5-6-18-17(11-16)23-20(21(2,3)4)24(18)13-15-7-9-28-10-8-15/h5-6,11-12,15,26H,7-10,13H2,1-4H3. The molecule has 0 aliphatic carbocycles. The van der Waals surface area contributed by atoms with Gasteiger partial charge in [-0.1, -0.05) is 20.8 Å². The van der Waals surface area contributed by atoms with Gasteiger partial charge in [-0.25, -0.2) is 9.19 Å². The Labute approximate surface area is 173 Å². The largest absolute Gasteiger partial charge is 0.411 e. The molecule has 1 N–H and O–H groups in total. The maximum atomic E-state index is 13.0. The summed E-state index contributed by atoms with van der Waals surface area (Å²) >= 11 is 0. The van der Waals surface area contributed by atoms with Crippen LogP contribution >= 0.6 is 0 Å². The predicted molar refractivity (Wildman–Crippen MR) is 111 cm³/mol. The molecule has 0 bridgehead atoms. The van der Waals surface area contributed by atoms with E-state index in [1.165, 1.54) is 6.20 Å². The van der Waals surface area contributed by atoms with E-state index in [4.69, 9.17) is 9.72 Å². The number of ether oxygens (including phenoxy) is 1. The molecule has 0 saturated carbocycles. The van der Waals surface area contributed by atoms with Crippen molar-refractivity contribution in [2.24, 2.45) is 5.92 Å². The molecule has 7 nitrogen and oxygen atoms in total.